The molecule has 172 valence electrons. The van der Waals surface area contributed by atoms with Crippen LogP contribution in [0.2, 0.25) is 5.02 Å². The van der Waals surface area contributed by atoms with Crippen molar-refractivity contribution < 1.29 is 4.39 Å². The highest BCUT2D eigenvalue weighted by Gasteiger charge is 2.23. The summed E-state index contributed by atoms with van der Waals surface area (Å²) < 4.78 is 16.1. The van der Waals surface area contributed by atoms with Crippen LogP contribution in [0.15, 0.2) is 41.6 Å². The number of H-pyrrole nitrogens is 1. The molecule has 0 aliphatic rings. The van der Waals surface area contributed by atoms with Gasteiger partial charge in [-0.2, -0.15) is 9.90 Å². The van der Waals surface area contributed by atoms with Gasteiger partial charge in [-0.15, -0.1) is 10.2 Å². The molecule has 0 bridgehead atoms. The number of hydrogen-bond donors (Lipinski definition) is 3. The number of hydrogen-bond acceptors (Lipinski definition) is 9. The molecule has 5 rings (SSSR count). The molecule has 0 aliphatic carbocycles. The molecule has 12 nitrogen and oxygen atoms in total. The van der Waals surface area contributed by atoms with E-state index in [1.165, 1.54) is 27.8 Å². The number of nitrogens with zero attached hydrogens (tertiary/aromatic N) is 8. The molecule has 0 saturated carbocycles. The topological polar surface area (TPSA) is 158 Å². The largest absolute Gasteiger partial charge is 0.383 e. The van der Waals surface area contributed by atoms with Crippen LogP contribution in [0.4, 0.5) is 16.0 Å². The molecule has 0 aliphatic heterocycles. The average Bonchev–Trinajstić information content (AvgIpc) is 3.48. The van der Waals surface area contributed by atoms with Gasteiger partial charge in [0.25, 0.3) is 5.56 Å². The second kappa shape index (κ2) is 8.19. The van der Waals surface area contributed by atoms with Crippen molar-refractivity contribution in [1.29, 1.82) is 0 Å². The van der Waals surface area contributed by atoms with E-state index in [1.807, 2.05) is 0 Å². The summed E-state index contributed by atoms with van der Waals surface area (Å²) in [6.07, 6.45) is 2.86. The first kappa shape index (κ1) is 21.5. The minimum atomic E-state index is -0.586. The standard InChI is InChI=1S/C20H17ClFN11O/c1-9(27-18-16(17(23)24-8-25-18)19-29-31-32(2)30-19)13-7-10-12(22)4-3-11(21)15(10)20(34)33(13)14-5-6-26-28-14/h3-9H,1-2H3,(H,26,28)(H3,23,24,25,27). The number of nitrogen functional groups attached to an aromatic ring is 1. The monoisotopic (exact) mass is 481 g/mol. The number of fused-ring (bicyclic) bond motifs is 1. The van der Waals surface area contributed by atoms with E-state index in [-0.39, 0.29) is 27.4 Å². The zero-order chi connectivity index (χ0) is 24.0. The Bertz CT molecular complexity index is 1580. The summed E-state index contributed by atoms with van der Waals surface area (Å²) in [6, 6.07) is 5.15. The molecule has 5 aromatic rings. The Morgan fingerprint density at radius 2 is 2.09 bits per heavy atom. The summed E-state index contributed by atoms with van der Waals surface area (Å²) >= 11 is 6.26. The number of tetrazole rings is 1. The fourth-order valence-corrected chi connectivity index (χ4v) is 3.94. The zero-order valence-corrected chi connectivity index (χ0v) is 18.6. The molecule has 4 N–H and O–H groups in total. The molecule has 4 aromatic heterocycles. The first-order valence-corrected chi connectivity index (χ1v) is 10.4. The van der Waals surface area contributed by atoms with Crippen molar-refractivity contribution in [2.24, 2.45) is 7.05 Å². The van der Waals surface area contributed by atoms with E-state index in [0.717, 1.165) is 0 Å². The van der Waals surface area contributed by atoms with Crippen LogP contribution in [0, 0.1) is 5.82 Å². The van der Waals surface area contributed by atoms with E-state index in [0.29, 0.717) is 22.9 Å². The Balaban J connectivity index is 1.69. The summed E-state index contributed by atoms with van der Waals surface area (Å²) in [4.78, 5) is 23.0. The number of nitrogens with two attached hydrogens (primary N) is 1. The number of benzene rings is 1. The van der Waals surface area contributed by atoms with Crippen LogP contribution >= 0.6 is 11.6 Å². The third kappa shape index (κ3) is 3.51. The van der Waals surface area contributed by atoms with Gasteiger partial charge in [0, 0.05) is 17.6 Å². The Morgan fingerprint density at radius 1 is 1.26 bits per heavy atom. The summed E-state index contributed by atoms with van der Waals surface area (Å²) in [7, 11) is 1.61. The Labute approximate surface area is 195 Å². The third-order valence-corrected chi connectivity index (χ3v) is 5.54. The predicted octanol–water partition coefficient (Wildman–Crippen LogP) is 2.24. The van der Waals surface area contributed by atoms with Gasteiger partial charge >= 0.3 is 0 Å². The lowest BCUT2D eigenvalue weighted by molar-refractivity contribution is 0.630. The molecule has 0 spiro atoms. The van der Waals surface area contributed by atoms with Gasteiger partial charge in [0.1, 0.15) is 29.3 Å². The van der Waals surface area contributed by atoms with Gasteiger partial charge in [0.05, 0.1) is 29.2 Å². The van der Waals surface area contributed by atoms with Gasteiger partial charge in [-0.3, -0.25) is 14.5 Å². The van der Waals surface area contributed by atoms with E-state index in [1.54, 1.807) is 32.3 Å². The molecule has 1 aromatic carbocycles. The van der Waals surface area contributed by atoms with Gasteiger partial charge in [0.15, 0.2) is 5.82 Å². The van der Waals surface area contributed by atoms with Crippen LogP contribution in [0.1, 0.15) is 18.7 Å². The molecular weight excluding hydrogens is 465 g/mol. The van der Waals surface area contributed by atoms with Crippen LogP contribution in [-0.2, 0) is 7.05 Å². The van der Waals surface area contributed by atoms with E-state index in [9.17, 15) is 9.18 Å². The Hall–Kier alpha value is -4.39. The fraction of sp³-hybridized carbons (Fsp3) is 0.150. The van der Waals surface area contributed by atoms with Crippen molar-refractivity contribution in [2.75, 3.05) is 11.1 Å². The minimum Gasteiger partial charge on any atom is -0.383 e. The summed E-state index contributed by atoms with van der Waals surface area (Å²) in [6.45, 7) is 1.78. The van der Waals surface area contributed by atoms with Gasteiger partial charge in [-0.25, -0.2) is 14.4 Å². The van der Waals surface area contributed by atoms with Gasteiger partial charge in [-0.1, -0.05) is 11.6 Å². The lowest BCUT2D eigenvalue weighted by Gasteiger charge is -2.21. The van der Waals surface area contributed by atoms with Crippen molar-refractivity contribution in [2.45, 2.75) is 13.0 Å². The first-order valence-electron chi connectivity index (χ1n) is 10.0. The van der Waals surface area contributed by atoms with E-state index < -0.39 is 17.4 Å². The highest BCUT2D eigenvalue weighted by molar-refractivity contribution is 6.35. The minimum absolute atomic E-state index is 0.0522. The SMILES string of the molecule is CC(Nc1ncnc(N)c1-c1nnn(C)n1)c1cc2c(F)ccc(Cl)c2c(=O)n1-c1cc[nH]n1. The van der Waals surface area contributed by atoms with Gasteiger partial charge in [-0.05, 0) is 30.3 Å². The number of rotatable bonds is 5. The smallest absolute Gasteiger partial charge is 0.266 e. The zero-order valence-electron chi connectivity index (χ0n) is 17.9. The number of aromatic nitrogens is 9. The van der Waals surface area contributed by atoms with Crippen LogP contribution in [0.25, 0.3) is 28.0 Å². The average molecular weight is 482 g/mol. The van der Waals surface area contributed by atoms with Crippen molar-refractivity contribution in [1.82, 2.24) is 44.9 Å². The van der Waals surface area contributed by atoms with E-state index >= 15 is 0 Å². The summed E-state index contributed by atoms with van der Waals surface area (Å²) in [5.41, 5.74) is 6.30. The molecule has 0 radical (unpaired) electrons. The lowest BCUT2D eigenvalue weighted by atomic mass is 10.1. The first-order chi connectivity index (χ1) is 16.3. The molecule has 14 heteroatoms. The number of anilines is 2. The highest BCUT2D eigenvalue weighted by Crippen LogP contribution is 2.32. The number of pyridine rings is 1. The maximum absolute atomic E-state index is 14.7. The predicted molar refractivity (Wildman–Crippen MR) is 123 cm³/mol. The molecule has 0 amide bonds. The quantitative estimate of drug-likeness (QED) is 0.342. The van der Waals surface area contributed by atoms with Gasteiger partial charge < -0.3 is 11.1 Å². The molecule has 0 saturated heterocycles. The van der Waals surface area contributed by atoms with E-state index in [4.69, 9.17) is 17.3 Å². The number of aryl methyl sites for hydroxylation is 1. The molecular formula is C20H17ClFN11O. The fourth-order valence-electron chi connectivity index (χ4n) is 3.69. The molecule has 0 fully saturated rings. The number of halogens is 2. The lowest BCUT2D eigenvalue weighted by Crippen LogP contribution is -2.26. The van der Waals surface area contributed by atoms with Crippen LogP contribution < -0.4 is 16.6 Å². The van der Waals surface area contributed by atoms with Crippen molar-refractivity contribution in [3.05, 3.63) is 63.7 Å². The maximum atomic E-state index is 14.7. The molecule has 34 heavy (non-hydrogen) atoms. The second-order valence-electron chi connectivity index (χ2n) is 7.41. The van der Waals surface area contributed by atoms with Crippen molar-refractivity contribution in [3.8, 4) is 17.2 Å². The van der Waals surface area contributed by atoms with E-state index in [2.05, 4.69) is 40.9 Å². The van der Waals surface area contributed by atoms with Crippen LogP contribution in [0.5, 0.6) is 0 Å². The third-order valence-electron chi connectivity index (χ3n) is 5.23. The second-order valence-corrected chi connectivity index (χ2v) is 7.82. The van der Waals surface area contributed by atoms with Crippen LogP contribution in [-0.4, -0.2) is 44.9 Å². The van der Waals surface area contributed by atoms with Crippen molar-refractivity contribution in [3.63, 3.8) is 0 Å². The molecule has 1 atom stereocenters. The normalized spacial score (nSPS) is 12.2. The molecule has 4 heterocycles. The highest BCUT2D eigenvalue weighted by atomic mass is 35.5. The summed E-state index contributed by atoms with van der Waals surface area (Å²) in [5.74, 6) is 0.402. The van der Waals surface area contributed by atoms with Crippen LogP contribution in [0.3, 0.4) is 0 Å². The molecule has 1 unspecified atom stereocenters. The number of aromatic amines is 1. The van der Waals surface area contributed by atoms with Gasteiger partial charge in [0.2, 0.25) is 5.82 Å². The number of nitrogens with one attached hydrogen (secondary N) is 2. The Kier molecular flexibility index (Phi) is 5.17. The maximum Gasteiger partial charge on any atom is 0.266 e. The summed E-state index contributed by atoms with van der Waals surface area (Å²) in [5, 5.41) is 22.3. The van der Waals surface area contributed by atoms with Crippen molar-refractivity contribution >= 4 is 34.0 Å². The Morgan fingerprint density at radius 3 is 2.79 bits per heavy atom.